The second-order valence-electron chi connectivity index (χ2n) is 7.56. The van der Waals surface area contributed by atoms with Gasteiger partial charge in [-0.25, -0.2) is 9.67 Å². The summed E-state index contributed by atoms with van der Waals surface area (Å²) in [6, 6.07) is 22.7. The Morgan fingerprint density at radius 1 is 0.941 bits per heavy atom. The van der Waals surface area contributed by atoms with Gasteiger partial charge in [0.25, 0.3) is 5.91 Å². The summed E-state index contributed by atoms with van der Waals surface area (Å²) in [6.45, 7) is 0. The molecule has 0 radical (unpaired) electrons. The summed E-state index contributed by atoms with van der Waals surface area (Å²) in [5.74, 6) is -0.881. The summed E-state index contributed by atoms with van der Waals surface area (Å²) in [5, 5.41) is 7.33. The highest BCUT2D eigenvalue weighted by Gasteiger charge is 2.40. The molecule has 0 atom stereocenters. The summed E-state index contributed by atoms with van der Waals surface area (Å²) in [4.78, 5) is 17.3. The van der Waals surface area contributed by atoms with Crippen LogP contribution < -0.4 is 5.32 Å². The van der Waals surface area contributed by atoms with Crippen molar-refractivity contribution in [1.82, 2.24) is 14.8 Å². The fourth-order valence-corrected chi connectivity index (χ4v) is 4.63. The van der Waals surface area contributed by atoms with Crippen LogP contribution in [0, 0.1) is 0 Å². The molecular formula is C25H17F3N4OS. The molecule has 1 amide bonds. The van der Waals surface area contributed by atoms with Crippen molar-refractivity contribution in [3.8, 4) is 5.69 Å². The number of nitrogens with one attached hydrogen (secondary N) is 1. The van der Waals surface area contributed by atoms with E-state index >= 15 is 0 Å². The molecule has 2 aromatic heterocycles. The van der Waals surface area contributed by atoms with Crippen LogP contribution in [-0.4, -0.2) is 20.7 Å². The van der Waals surface area contributed by atoms with Gasteiger partial charge in [-0.2, -0.15) is 18.3 Å². The largest absolute Gasteiger partial charge is 0.434 e. The Labute approximate surface area is 196 Å². The summed E-state index contributed by atoms with van der Waals surface area (Å²) in [6.07, 6.45) is -3.21. The zero-order valence-corrected chi connectivity index (χ0v) is 18.4. The van der Waals surface area contributed by atoms with E-state index in [4.69, 9.17) is 0 Å². The van der Waals surface area contributed by atoms with Crippen molar-refractivity contribution in [3.05, 3.63) is 107 Å². The molecule has 1 N–H and O–H groups in total. The van der Waals surface area contributed by atoms with Crippen LogP contribution in [0.2, 0.25) is 0 Å². The van der Waals surface area contributed by atoms with E-state index in [1.807, 2.05) is 36.4 Å². The highest BCUT2D eigenvalue weighted by molar-refractivity contribution is 7.18. The average Bonchev–Trinajstić information content (AvgIpc) is 3.45. The molecule has 0 saturated heterocycles. The van der Waals surface area contributed by atoms with Crippen molar-refractivity contribution in [2.24, 2.45) is 0 Å². The van der Waals surface area contributed by atoms with Gasteiger partial charge >= 0.3 is 6.18 Å². The van der Waals surface area contributed by atoms with Gasteiger partial charge < -0.3 is 5.32 Å². The van der Waals surface area contributed by atoms with E-state index in [9.17, 15) is 18.0 Å². The SMILES string of the molecule is O=C(Nc1ccc(Cc2nc3ccccc3s2)cc1)c1cnn(-c2ccccc2)c1C(F)(F)F. The third-order valence-corrected chi connectivity index (χ3v) is 6.22. The molecule has 9 heteroatoms. The maximum Gasteiger partial charge on any atom is 0.434 e. The topological polar surface area (TPSA) is 59.8 Å². The van der Waals surface area contributed by atoms with Gasteiger partial charge in [0, 0.05) is 12.1 Å². The Kier molecular flexibility index (Phi) is 5.62. The Hall–Kier alpha value is -3.98. The minimum absolute atomic E-state index is 0.216. The number of thiazole rings is 1. The predicted octanol–water partition coefficient (Wildman–Crippen LogP) is 6.34. The normalized spacial score (nSPS) is 11.6. The third kappa shape index (κ3) is 4.42. The molecule has 170 valence electrons. The lowest BCUT2D eigenvalue weighted by Gasteiger charge is -2.13. The molecule has 5 rings (SSSR count). The highest BCUT2D eigenvalue weighted by atomic mass is 32.1. The summed E-state index contributed by atoms with van der Waals surface area (Å²) in [5.41, 5.74) is 0.859. The first-order valence-corrected chi connectivity index (χ1v) is 11.2. The number of halogens is 3. The number of carbonyl (C=O) groups excluding carboxylic acids is 1. The van der Waals surface area contributed by atoms with Crippen molar-refractivity contribution in [2.75, 3.05) is 5.32 Å². The average molecular weight is 478 g/mol. The van der Waals surface area contributed by atoms with Crippen LogP contribution in [0.25, 0.3) is 15.9 Å². The van der Waals surface area contributed by atoms with E-state index < -0.39 is 23.3 Å². The van der Waals surface area contributed by atoms with Gasteiger partial charge in [0.2, 0.25) is 0 Å². The van der Waals surface area contributed by atoms with E-state index in [1.54, 1.807) is 41.7 Å². The summed E-state index contributed by atoms with van der Waals surface area (Å²) < 4.78 is 43.3. The van der Waals surface area contributed by atoms with Crippen LogP contribution in [0.4, 0.5) is 18.9 Å². The maximum atomic E-state index is 13.8. The Morgan fingerprint density at radius 2 is 1.65 bits per heavy atom. The second kappa shape index (κ2) is 8.75. The molecule has 0 aliphatic heterocycles. The zero-order chi connectivity index (χ0) is 23.7. The third-order valence-electron chi connectivity index (χ3n) is 5.19. The van der Waals surface area contributed by atoms with Crippen molar-refractivity contribution < 1.29 is 18.0 Å². The van der Waals surface area contributed by atoms with Gasteiger partial charge in [-0.05, 0) is 42.0 Å². The lowest BCUT2D eigenvalue weighted by atomic mass is 10.1. The van der Waals surface area contributed by atoms with Gasteiger partial charge in [-0.3, -0.25) is 4.79 Å². The summed E-state index contributed by atoms with van der Waals surface area (Å²) >= 11 is 1.61. The molecule has 2 heterocycles. The first-order valence-electron chi connectivity index (χ1n) is 10.3. The molecule has 0 fully saturated rings. The van der Waals surface area contributed by atoms with Crippen molar-refractivity contribution in [1.29, 1.82) is 0 Å². The summed E-state index contributed by atoms with van der Waals surface area (Å²) in [7, 11) is 0. The minimum Gasteiger partial charge on any atom is -0.322 e. The number of para-hydroxylation sites is 2. The number of aromatic nitrogens is 3. The smallest absolute Gasteiger partial charge is 0.322 e. The zero-order valence-electron chi connectivity index (χ0n) is 17.6. The molecule has 0 aliphatic carbocycles. The van der Waals surface area contributed by atoms with E-state index in [2.05, 4.69) is 15.4 Å². The van der Waals surface area contributed by atoms with E-state index in [1.165, 1.54) is 12.1 Å². The van der Waals surface area contributed by atoms with Gasteiger partial charge in [-0.1, -0.05) is 42.5 Å². The van der Waals surface area contributed by atoms with Crippen LogP contribution in [0.5, 0.6) is 0 Å². The highest BCUT2D eigenvalue weighted by Crippen LogP contribution is 2.34. The Balaban J connectivity index is 1.35. The molecular weight excluding hydrogens is 461 g/mol. The standard InChI is InChI=1S/C25H17F3N4OS/c26-25(27,28)23-19(15-29-32(23)18-6-2-1-3-7-18)24(33)30-17-12-10-16(11-13-17)14-22-31-20-8-4-5-9-21(20)34-22/h1-13,15H,14H2,(H,30,33). The number of hydrogen-bond donors (Lipinski definition) is 1. The van der Waals surface area contributed by atoms with Crippen LogP contribution in [0.1, 0.15) is 26.6 Å². The first kappa shape index (κ1) is 21.8. The molecule has 0 bridgehead atoms. The van der Waals surface area contributed by atoms with E-state index in [0.29, 0.717) is 12.1 Å². The quantitative estimate of drug-likeness (QED) is 0.321. The fraction of sp³-hybridized carbons (Fsp3) is 0.0800. The molecule has 0 spiro atoms. The second-order valence-corrected chi connectivity index (χ2v) is 8.67. The fourth-order valence-electron chi connectivity index (χ4n) is 3.63. The lowest BCUT2D eigenvalue weighted by molar-refractivity contribution is -0.143. The van der Waals surface area contributed by atoms with Gasteiger partial charge in [0.1, 0.15) is 0 Å². The Morgan fingerprint density at radius 3 is 2.35 bits per heavy atom. The van der Waals surface area contributed by atoms with Gasteiger partial charge in [0.15, 0.2) is 5.69 Å². The molecule has 34 heavy (non-hydrogen) atoms. The number of nitrogens with zero attached hydrogens (tertiary/aromatic N) is 3. The Bertz CT molecular complexity index is 1420. The maximum absolute atomic E-state index is 13.8. The molecule has 0 aliphatic rings. The number of rotatable bonds is 5. The van der Waals surface area contributed by atoms with Crippen molar-refractivity contribution in [2.45, 2.75) is 12.6 Å². The van der Waals surface area contributed by atoms with Gasteiger partial charge in [0.05, 0.1) is 32.7 Å². The number of benzene rings is 3. The first-order chi connectivity index (χ1) is 16.4. The van der Waals surface area contributed by atoms with E-state index in [0.717, 1.165) is 31.7 Å². The van der Waals surface area contributed by atoms with Gasteiger partial charge in [-0.15, -0.1) is 11.3 Å². The molecule has 0 unspecified atom stereocenters. The molecule has 3 aromatic carbocycles. The monoisotopic (exact) mass is 478 g/mol. The molecule has 0 saturated carbocycles. The number of carbonyl (C=O) groups is 1. The molecule has 5 nitrogen and oxygen atoms in total. The minimum atomic E-state index is -4.76. The number of hydrogen-bond acceptors (Lipinski definition) is 4. The van der Waals surface area contributed by atoms with Crippen molar-refractivity contribution >= 4 is 33.1 Å². The lowest BCUT2D eigenvalue weighted by Crippen LogP contribution is -2.20. The van der Waals surface area contributed by atoms with Crippen LogP contribution >= 0.6 is 11.3 Å². The van der Waals surface area contributed by atoms with Crippen LogP contribution in [0.15, 0.2) is 85.1 Å². The number of amides is 1. The number of fused-ring (bicyclic) bond motifs is 1. The molecule has 5 aromatic rings. The van der Waals surface area contributed by atoms with E-state index in [-0.39, 0.29) is 5.69 Å². The van der Waals surface area contributed by atoms with Crippen molar-refractivity contribution in [3.63, 3.8) is 0 Å². The predicted molar refractivity (Wildman–Crippen MR) is 125 cm³/mol. The number of anilines is 1. The van der Waals surface area contributed by atoms with Crippen LogP contribution in [0.3, 0.4) is 0 Å². The van der Waals surface area contributed by atoms with Crippen LogP contribution in [-0.2, 0) is 12.6 Å². The number of alkyl halides is 3.